The maximum Gasteiger partial charge on any atom is 0.338 e. The van der Waals surface area contributed by atoms with Gasteiger partial charge in [0.25, 0.3) is 0 Å². The van der Waals surface area contributed by atoms with Crippen molar-refractivity contribution in [3.8, 4) is 0 Å². The summed E-state index contributed by atoms with van der Waals surface area (Å²) in [6.45, 7) is 81.2. The highest BCUT2D eigenvalue weighted by atomic mass is 19.1. The summed E-state index contributed by atoms with van der Waals surface area (Å²) in [5, 5.41) is 0. The Morgan fingerprint density at radius 1 is 0.267 bits per heavy atom. The molecule has 0 amide bonds. The van der Waals surface area contributed by atoms with E-state index in [1.54, 1.807) is 48.5 Å². The van der Waals surface area contributed by atoms with E-state index in [0.717, 1.165) is 169 Å². The Bertz CT molecular complexity index is 3330. The number of esters is 7. The molecule has 0 saturated carbocycles. The van der Waals surface area contributed by atoms with E-state index in [0.29, 0.717) is 89.5 Å². The predicted molar refractivity (Wildman–Crippen MR) is 537 cm³/mol. The van der Waals surface area contributed by atoms with Crippen molar-refractivity contribution in [3.05, 3.63) is 144 Å². The van der Waals surface area contributed by atoms with E-state index in [1.807, 2.05) is 93.6 Å². The highest BCUT2D eigenvalue weighted by Crippen LogP contribution is 2.22. The second-order valence-corrected chi connectivity index (χ2v) is 34.5. The molecule has 762 valence electrons. The normalized spacial score (nSPS) is 13.6. The Morgan fingerprint density at radius 2 is 0.511 bits per heavy atom. The first-order valence-electron chi connectivity index (χ1n) is 49.2. The quantitative estimate of drug-likeness (QED) is 0.0176. The van der Waals surface area contributed by atoms with Crippen LogP contribution in [0.25, 0.3) is 0 Å². The molecule has 0 spiro atoms. The number of benzene rings is 4. The summed E-state index contributed by atoms with van der Waals surface area (Å²) in [4.78, 5) is 80.0. The highest BCUT2D eigenvalue weighted by molar-refractivity contribution is 5.90. The van der Waals surface area contributed by atoms with Crippen LogP contribution in [-0.4, -0.2) is 330 Å². The number of carbonyl (C=O) groups excluding carboxylic acids is 7. The molecule has 0 N–H and O–H groups in total. The first-order valence-corrected chi connectivity index (χ1v) is 49.2. The Hall–Kier alpha value is -7.39. The minimum Gasteiger partial charge on any atom is -0.457 e. The van der Waals surface area contributed by atoms with Crippen LogP contribution in [0.3, 0.4) is 0 Å². The van der Waals surface area contributed by atoms with Gasteiger partial charge in [0.2, 0.25) is 0 Å². The van der Waals surface area contributed by atoms with Crippen LogP contribution in [0.15, 0.2) is 121 Å². The number of rotatable bonds is 53. The fourth-order valence-electron chi connectivity index (χ4n) is 16.2. The molecule has 131 heavy (non-hydrogen) atoms. The van der Waals surface area contributed by atoms with Crippen molar-refractivity contribution in [1.82, 2.24) is 0 Å². The summed E-state index contributed by atoms with van der Waals surface area (Å²) in [7, 11) is 8.20. The number of unbranched alkanes of at least 4 members (excludes halogenated alkanes) is 2. The van der Waals surface area contributed by atoms with Crippen LogP contribution >= 0.6 is 0 Å². The van der Waals surface area contributed by atoms with Gasteiger partial charge in [-0.25, -0.2) is 19.2 Å². The molecular weight excluding hydrogens is 1670 g/mol. The van der Waals surface area contributed by atoms with Gasteiger partial charge in [0, 0.05) is 20.8 Å². The zero-order chi connectivity index (χ0) is 102. The predicted octanol–water partition coefficient (Wildman–Crippen LogP) is 22.2. The van der Waals surface area contributed by atoms with Crippen LogP contribution in [0.5, 0.6) is 0 Å². The van der Waals surface area contributed by atoms with Crippen LogP contribution in [0.1, 0.15) is 286 Å². The lowest BCUT2D eigenvalue weighted by atomic mass is 10.1. The number of ether oxygens (including phenoxy) is 7. The largest absolute Gasteiger partial charge is 0.457 e. The van der Waals surface area contributed by atoms with Crippen molar-refractivity contribution in [3.63, 3.8) is 0 Å². The van der Waals surface area contributed by atoms with Crippen LogP contribution in [0, 0.1) is 0 Å². The van der Waals surface area contributed by atoms with Gasteiger partial charge in [-0.2, -0.15) is 0 Å². The topological polar surface area (TPSA) is 184 Å². The molecule has 0 aliphatic carbocycles. The lowest BCUT2D eigenvalue weighted by Crippen LogP contribution is -2.57. The number of nitrogens with zero attached hydrogens (tertiary/aromatic N) is 7. The molecule has 0 radical (unpaired) electrons. The second-order valence-electron chi connectivity index (χ2n) is 34.5. The van der Waals surface area contributed by atoms with Gasteiger partial charge < -0.3 is 64.5 Å². The van der Waals surface area contributed by atoms with Crippen molar-refractivity contribution in [2.24, 2.45) is 0 Å². The van der Waals surface area contributed by atoms with Gasteiger partial charge in [-0.3, -0.25) is 31.9 Å². The number of likely N-dealkylation sites (N-methyl/N-ethyl adjacent to an activating group) is 7. The molecular formula is C106H198F4N7O14+7. The van der Waals surface area contributed by atoms with Gasteiger partial charge in [0.1, 0.15) is 90.6 Å². The number of hydrogen-bond donors (Lipinski definition) is 0. The monoisotopic (exact) mass is 1870 g/mol. The molecule has 0 heterocycles. The maximum atomic E-state index is 12.0. The average molecular weight is 1870 g/mol. The molecule has 0 bridgehead atoms. The Labute approximate surface area is 798 Å². The van der Waals surface area contributed by atoms with E-state index in [9.17, 15) is 51.1 Å². The summed E-state index contributed by atoms with van der Waals surface area (Å²) >= 11 is 0. The van der Waals surface area contributed by atoms with Crippen LogP contribution < -0.4 is 0 Å². The number of alkyl halides is 4. The van der Waals surface area contributed by atoms with Crippen LogP contribution in [0.4, 0.5) is 17.6 Å². The Balaban J connectivity index is -0.000000271. The van der Waals surface area contributed by atoms with Crippen molar-refractivity contribution in [2.75, 3.05) is 227 Å². The third-order valence-corrected chi connectivity index (χ3v) is 24.8. The van der Waals surface area contributed by atoms with Crippen molar-refractivity contribution in [1.29, 1.82) is 0 Å². The molecule has 25 heteroatoms. The fraction of sp³-hybridized carbons (Fsp3) is 0.708. The number of hydrogen-bond acceptors (Lipinski definition) is 14. The average Bonchev–Trinajstić information content (AvgIpc) is 0.822. The summed E-state index contributed by atoms with van der Waals surface area (Å²) < 4.78 is 82.2. The molecule has 4 aromatic carbocycles. The van der Waals surface area contributed by atoms with Gasteiger partial charge >= 0.3 is 41.8 Å². The zero-order valence-corrected chi connectivity index (χ0v) is 89.5. The van der Waals surface area contributed by atoms with Crippen molar-refractivity contribution >= 4 is 41.8 Å². The summed E-state index contributed by atoms with van der Waals surface area (Å²) in [5.41, 5.74) is 2.50. The van der Waals surface area contributed by atoms with Gasteiger partial charge in [-0.15, -0.1) is 0 Å². The molecule has 9 atom stereocenters. The smallest absolute Gasteiger partial charge is 0.338 e. The maximum absolute atomic E-state index is 12.0. The minimum absolute atomic E-state index is 0.00741. The molecule has 4 aromatic rings. The molecule has 0 aromatic heterocycles. The van der Waals surface area contributed by atoms with E-state index >= 15 is 0 Å². The number of quaternary nitrogens is 7. The molecule has 9 unspecified atom stereocenters. The molecule has 0 fully saturated rings. The van der Waals surface area contributed by atoms with Gasteiger partial charge in [0.15, 0.2) is 0 Å². The fourth-order valence-corrected chi connectivity index (χ4v) is 16.2. The highest BCUT2D eigenvalue weighted by Gasteiger charge is 2.35. The van der Waals surface area contributed by atoms with Gasteiger partial charge in [-0.1, -0.05) is 141 Å². The second kappa shape index (κ2) is 84.4. The van der Waals surface area contributed by atoms with Gasteiger partial charge in [-0.05, 0) is 204 Å². The molecule has 0 aliphatic heterocycles. The third-order valence-electron chi connectivity index (χ3n) is 24.8. The number of halogens is 4. The lowest BCUT2D eigenvalue weighted by Gasteiger charge is -2.44. The van der Waals surface area contributed by atoms with Crippen LogP contribution in [-0.2, 0) is 47.5 Å². The van der Waals surface area contributed by atoms with Gasteiger partial charge in [0.05, 0.1) is 189 Å². The van der Waals surface area contributed by atoms with Crippen molar-refractivity contribution < 1.29 is 116 Å². The molecule has 21 nitrogen and oxygen atoms in total. The lowest BCUT2D eigenvalue weighted by molar-refractivity contribution is -0.950. The van der Waals surface area contributed by atoms with Crippen molar-refractivity contribution in [2.45, 2.75) is 275 Å². The van der Waals surface area contributed by atoms with E-state index in [-0.39, 0.29) is 60.1 Å². The van der Waals surface area contributed by atoms with E-state index in [2.05, 4.69) is 160 Å². The molecule has 0 saturated heterocycles. The molecule has 0 aliphatic rings. The van der Waals surface area contributed by atoms with Crippen LogP contribution in [0.2, 0.25) is 0 Å². The minimum atomic E-state index is -0.246. The van der Waals surface area contributed by atoms with E-state index < -0.39 is 0 Å². The summed E-state index contributed by atoms with van der Waals surface area (Å²) in [6.07, 6.45) is 12.0. The zero-order valence-electron chi connectivity index (χ0n) is 89.5. The first-order chi connectivity index (χ1) is 62.3. The Morgan fingerprint density at radius 3 is 0.771 bits per heavy atom. The summed E-state index contributed by atoms with van der Waals surface area (Å²) in [5.74, 6) is -1.42. The Kier molecular flexibility index (Phi) is 88.0. The van der Waals surface area contributed by atoms with E-state index in [4.69, 9.17) is 33.2 Å². The standard InChI is InChI=1S/2C18H30NO2.C15H24NO2.2C14H30NO2.C12H18NO2.C11H24NO2.4CH3F/c1-5-13-19(7-3,16(4)6-2)14-15-21-18(20)17-11-9-8-10-12-17;1-4-7-14-19(6-3,13-5-2)15-16-21-18(20)17-11-9-8-10-12-17;1-4-16(5-2,6-3)12-13-18-15(17)14-10-8-7-9-11-14;1-7-10-15(9-3,12(4)8-2)11-13(5)17-14(6)16;1-6-9-11-15(8-3,10-7-2)12-13(4)17-14(5)16;1-13(2,3)9-10-15-12(14)11-7-5-4-6-8-11;1-6-12(7-2,8-3)9-10(4)14-11(5)13;4*1-2/h8-12,16H,5-7,13-15H2,1-4H3;8-12H,4-7,13-16H2,1-3H3;7-11H,4-6,12-13H2,1-3H3;12-13H,7-11H2,1-6H3;13H,6-12H2,1-5H3;4-8H,9-10H2,1-3H3;10H,6-9H2,1-5H3;4*1H3/q7*+1;;;;. The third kappa shape index (κ3) is 63.5. The van der Waals surface area contributed by atoms with E-state index in [1.165, 1.54) is 98.3 Å². The molecule has 4 rings (SSSR count). The number of carbonyl (C=O) groups is 7. The SMILES string of the molecule is CCCC[N+](CC)(CCC)CC(C)OC(C)=O.CCCC[N+](CC)(CCC)CCOC(=O)c1ccccc1.CCC[N+](CC)(CC(C)OC(C)=O)C(C)CC.CCC[N+](CC)(CCOC(=O)c1ccccc1)C(C)CC.CC[N+](CC)(CC)CC(C)OC(C)=O.CC[N+](CC)(CC)CCOC(=O)c1ccccc1.CF.CF.CF.CF.C[N+](C)(C)CCOC(=O)c1ccccc1. The first kappa shape index (κ1) is 137. The summed E-state index contributed by atoms with van der Waals surface area (Å²) in [6, 6.07) is 37.9.